The topological polar surface area (TPSA) is 70.2 Å². The molecular formula is C18H25N3O4. The average Bonchev–Trinajstić information content (AvgIpc) is 2.60. The van der Waals surface area contributed by atoms with Crippen LogP contribution in [-0.4, -0.2) is 79.3 Å². The number of carbonyl (C=O) groups is 3. The molecule has 7 nitrogen and oxygen atoms in total. The van der Waals surface area contributed by atoms with Crippen LogP contribution >= 0.6 is 0 Å². The SMILES string of the molecule is COc1ccccc1CC(=O)N1CCN(C(C)=O)C(C(=O)N(C)C)C1. The van der Waals surface area contributed by atoms with E-state index in [1.54, 1.807) is 26.1 Å². The molecule has 136 valence electrons. The van der Waals surface area contributed by atoms with Gasteiger partial charge in [-0.05, 0) is 6.07 Å². The molecule has 25 heavy (non-hydrogen) atoms. The fraction of sp³-hybridized carbons (Fsp3) is 0.500. The maximum absolute atomic E-state index is 12.7. The van der Waals surface area contributed by atoms with Gasteiger partial charge in [-0.25, -0.2) is 0 Å². The molecule has 1 fully saturated rings. The molecular weight excluding hydrogens is 322 g/mol. The summed E-state index contributed by atoms with van der Waals surface area (Å²) in [6.07, 6.45) is 0.201. The van der Waals surface area contributed by atoms with E-state index < -0.39 is 6.04 Å². The number of hydrogen-bond acceptors (Lipinski definition) is 4. The van der Waals surface area contributed by atoms with Gasteiger partial charge in [0.1, 0.15) is 11.8 Å². The molecule has 1 aromatic carbocycles. The van der Waals surface area contributed by atoms with Crippen LogP contribution in [0.2, 0.25) is 0 Å². The maximum Gasteiger partial charge on any atom is 0.246 e. The molecule has 1 aromatic rings. The first-order valence-corrected chi connectivity index (χ1v) is 8.23. The van der Waals surface area contributed by atoms with E-state index in [1.165, 1.54) is 16.7 Å². The molecule has 1 saturated heterocycles. The van der Waals surface area contributed by atoms with Gasteiger partial charge in [-0.1, -0.05) is 18.2 Å². The van der Waals surface area contributed by atoms with E-state index >= 15 is 0 Å². The third-order valence-corrected chi connectivity index (χ3v) is 4.40. The Labute approximate surface area is 148 Å². The highest BCUT2D eigenvalue weighted by Crippen LogP contribution is 2.20. The third kappa shape index (κ3) is 4.29. The average molecular weight is 347 g/mol. The van der Waals surface area contributed by atoms with Crippen molar-refractivity contribution in [2.75, 3.05) is 40.8 Å². The van der Waals surface area contributed by atoms with Crippen molar-refractivity contribution >= 4 is 17.7 Å². The second-order valence-electron chi connectivity index (χ2n) is 6.29. The van der Waals surface area contributed by atoms with Gasteiger partial charge in [0.05, 0.1) is 20.1 Å². The number of amides is 3. The van der Waals surface area contributed by atoms with Crippen LogP contribution in [0.25, 0.3) is 0 Å². The highest BCUT2D eigenvalue weighted by molar-refractivity contribution is 5.88. The molecule has 0 radical (unpaired) electrons. The lowest BCUT2D eigenvalue weighted by Crippen LogP contribution is -2.61. The van der Waals surface area contributed by atoms with Crippen molar-refractivity contribution in [2.45, 2.75) is 19.4 Å². The molecule has 1 heterocycles. The predicted molar refractivity (Wildman–Crippen MR) is 93.1 cm³/mol. The van der Waals surface area contributed by atoms with E-state index in [4.69, 9.17) is 4.74 Å². The monoisotopic (exact) mass is 347 g/mol. The number of para-hydroxylation sites is 1. The molecule has 0 N–H and O–H groups in total. The zero-order valence-corrected chi connectivity index (χ0v) is 15.2. The van der Waals surface area contributed by atoms with Crippen LogP contribution in [0, 0.1) is 0 Å². The number of likely N-dealkylation sites (N-methyl/N-ethyl adjacent to an activating group) is 1. The van der Waals surface area contributed by atoms with Crippen molar-refractivity contribution in [1.29, 1.82) is 0 Å². The highest BCUT2D eigenvalue weighted by Gasteiger charge is 2.36. The number of nitrogens with zero attached hydrogens (tertiary/aromatic N) is 3. The fourth-order valence-electron chi connectivity index (χ4n) is 3.02. The molecule has 1 aliphatic heterocycles. The van der Waals surface area contributed by atoms with E-state index in [9.17, 15) is 14.4 Å². The van der Waals surface area contributed by atoms with Crippen molar-refractivity contribution in [3.63, 3.8) is 0 Å². The molecule has 2 rings (SSSR count). The largest absolute Gasteiger partial charge is 0.496 e. The first-order valence-electron chi connectivity index (χ1n) is 8.23. The molecule has 0 aliphatic carbocycles. The Bertz CT molecular complexity index is 659. The summed E-state index contributed by atoms with van der Waals surface area (Å²) in [5.74, 6) is 0.255. The zero-order valence-electron chi connectivity index (χ0n) is 15.2. The standard InChI is InChI=1S/C18H25N3O4/c1-13(22)21-10-9-20(12-15(21)18(24)19(2)3)17(23)11-14-7-5-6-8-16(14)25-4/h5-8,15H,9-12H2,1-4H3. The maximum atomic E-state index is 12.7. The molecule has 7 heteroatoms. The number of hydrogen-bond donors (Lipinski definition) is 0. The van der Waals surface area contributed by atoms with Gasteiger partial charge in [0.25, 0.3) is 0 Å². The predicted octanol–water partition coefficient (Wildman–Crippen LogP) is 0.385. The number of carbonyl (C=O) groups excluding carboxylic acids is 3. The Morgan fingerprint density at radius 2 is 1.88 bits per heavy atom. The first-order chi connectivity index (χ1) is 11.8. The summed E-state index contributed by atoms with van der Waals surface area (Å²) < 4.78 is 5.29. The number of piperazine rings is 1. The summed E-state index contributed by atoms with van der Waals surface area (Å²) in [6.45, 7) is 2.44. The third-order valence-electron chi connectivity index (χ3n) is 4.40. The molecule has 0 spiro atoms. The van der Waals surface area contributed by atoms with Crippen molar-refractivity contribution < 1.29 is 19.1 Å². The minimum absolute atomic E-state index is 0.0794. The summed E-state index contributed by atoms with van der Waals surface area (Å²) in [5, 5.41) is 0. The van der Waals surface area contributed by atoms with Crippen molar-refractivity contribution in [3.8, 4) is 5.75 Å². The number of methoxy groups -OCH3 is 1. The first kappa shape index (κ1) is 18.8. The van der Waals surface area contributed by atoms with Crippen molar-refractivity contribution in [1.82, 2.24) is 14.7 Å². The minimum Gasteiger partial charge on any atom is -0.496 e. The summed E-state index contributed by atoms with van der Waals surface area (Å²) >= 11 is 0. The Morgan fingerprint density at radius 3 is 2.48 bits per heavy atom. The van der Waals surface area contributed by atoms with E-state index in [-0.39, 0.29) is 30.7 Å². The van der Waals surface area contributed by atoms with E-state index in [2.05, 4.69) is 0 Å². The second kappa shape index (κ2) is 8.00. The van der Waals surface area contributed by atoms with E-state index in [1.807, 2.05) is 24.3 Å². The Hall–Kier alpha value is -2.57. The van der Waals surface area contributed by atoms with Gasteiger partial charge in [0, 0.05) is 39.7 Å². The van der Waals surface area contributed by atoms with Gasteiger partial charge >= 0.3 is 0 Å². The van der Waals surface area contributed by atoms with Gasteiger partial charge in [-0.2, -0.15) is 0 Å². The number of ether oxygens (including phenoxy) is 1. The lowest BCUT2D eigenvalue weighted by Gasteiger charge is -2.41. The van der Waals surface area contributed by atoms with Crippen LogP contribution in [0.4, 0.5) is 0 Å². The van der Waals surface area contributed by atoms with Crippen molar-refractivity contribution in [3.05, 3.63) is 29.8 Å². The van der Waals surface area contributed by atoms with Crippen LogP contribution in [-0.2, 0) is 20.8 Å². The van der Waals surface area contributed by atoms with Crippen LogP contribution in [0.3, 0.4) is 0 Å². The van der Waals surface area contributed by atoms with Gasteiger partial charge in [0.2, 0.25) is 17.7 Å². The Kier molecular flexibility index (Phi) is 6.01. The number of rotatable bonds is 4. The molecule has 0 bridgehead atoms. The Morgan fingerprint density at radius 1 is 1.20 bits per heavy atom. The summed E-state index contributed by atoms with van der Waals surface area (Å²) in [7, 11) is 4.87. The van der Waals surface area contributed by atoms with Crippen LogP contribution in [0.15, 0.2) is 24.3 Å². The van der Waals surface area contributed by atoms with Gasteiger partial charge in [-0.15, -0.1) is 0 Å². The lowest BCUT2D eigenvalue weighted by molar-refractivity contribution is -0.150. The fourth-order valence-corrected chi connectivity index (χ4v) is 3.02. The zero-order chi connectivity index (χ0) is 18.6. The summed E-state index contributed by atoms with van der Waals surface area (Å²) in [4.78, 5) is 41.6. The van der Waals surface area contributed by atoms with E-state index in [0.29, 0.717) is 18.8 Å². The van der Waals surface area contributed by atoms with Gasteiger partial charge in [0.15, 0.2) is 0 Å². The quantitative estimate of drug-likeness (QED) is 0.790. The molecule has 1 unspecified atom stereocenters. The molecule has 1 aliphatic rings. The highest BCUT2D eigenvalue weighted by atomic mass is 16.5. The molecule has 0 aromatic heterocycles. The number of benzene rings is 1. The summed E-state index contributed by atoms with van der Waals surface area (Å²) in [6, 6.07) is 6.74. The van der Waals surface area contributed by atoms with Crippen LogP contribution in [0.5, 0.6) is 5.75 Å². The Balaban J connectivity index is 2.13. The van der Waals surface area contributed by atoms with Gasteiger partial charge in [-0.3, -0.25) is 14.4 Å². The van der Waals surface area contributed by atoms with Crippen molar-refractivity contribution in [2.24, 2.45) is 0 Å². The smallest absolute Gasteiger partial charge is 0.246 e. The second-order valence-corrected chi connectivity index (χ2v) is 6.29. The van der Waals surface area contributed by atoms with E-state index in [0.717, 1.165) is 5.56 Å². The molecule has 0 saturated carbocycles. The molecule has 1 atom stereocenters. The lowest BCUT2D eigenvalue weighted by atomic mass is 10.1. The van der Waals surface area contributed by atoms with Gasteiger partial charge < -0.3 is 19.4 Å². The van der Waals surface area contributed by atoms with Crippen LogP contribution < -0.4 is 4.74 Å². The molecule has 3 amide bonds. The normalized spacial score (nSPS) is 17.2. The summed E-state index contributed by atoms with van der Waals surface area (Å²) in [5.41, 5.74) is 0.805. The minimum atomic E-state index is -0.636. The van der Waals surface area contributed by atoms with Crippen LogP contribution in [0.1, 0.15) is 12.5 Å².